The van der Waals surface area contributed by atoms with Crippen molar-refractivity contribution in [1.29, 1.82) is 0 Å². The van der Waals surface area contributed by atoms with Crippen LogP contribution in [0, 0.1) is 0 Å². The summed E-state index contributed by atoms with van der Waals surface area (Å²) >= 11 is 0. The molecule has 0 aliphatic heterocycles. The van der Waals surface area contributed by atoms with E-state index >= 15 is 0 Å². The number of hydrogen-bond acceptors (Lipinski definition) is 2. The molecule has 62 valence electrons. The van der Waals surface area contributed by atoms with Crippen LogP contribution in [0.4, 0.5) is 0 Å². The Hall–Kier alpha value is -0.0900. The van der Waals surface area contributed by atoms with E-state index in [9.17, 15) is 8.42 Å². The standard InChI is InChI=1S/C6H16NO2S/c1-5-7(2,3)6-10(4,8)9/h5-6H2,1-4H3/q+1. The molecule has 0 saturated heterocycles. The van der Waals surface area contributed by atoms with Gasteiger partial charge in [-0.05, 0) is 6.92 Å². The summed E-state index contributed by atoms with van der Waals surface area (Å²) in [7, 11) is 0.986. The molecule has 0 rings (SSSR count). The molecule has 3 nitrogen and oxygen atoms in total. The van der Waals surface area contributed by atoms with Gasteiger partial charge in [0, 0.05) is 6.26 Å². The van der Waals surface area contributed by atoms with Crippen molar-refractivity contribution in [2.24, 2.45) is 0 Å². The van der Waals surface area contributed by atoms with Crippen LogP contribution >= 0.6 is 0 Å². The molecule has 0 spiro atoms. The number of quaternary nitrogens is 1. The molecule has 0 amide bonds. The third-order valence-corrected chi connectivity index (χ3v) is 2.61. The van der Waals surface area contributed by atoms with Crippen LogP contribution in [0.1, 0.15) is 6.92 Å². The lowest BCUT2D eigenvalue weighted by molar-refractivity contribution is -0.876. The molecule has 0 radical (unpaired) electrons. The van der Waals surface area contributed by atoms with Crippen molar-refractivity contribution in [1.82, 2.24) is 0 Å². The SMILES string of the molecule is CC[N+](C)(C)CS(C)(=O)=O. The van der Waals surface area contributed by atoms with Gasteiger partial charge >= 0.3 is 0 Å². The van der Waals surface area contributed by atoms with E-state index in [-0.39, 0.29) is 5.88 Å². The van der Waals surface area contributed by atoms with Crippen molar-refractivity contribution < 1.29 is 12.9 Å². The lowest BCUT2D eigenvalue weighted by Crippen LogP contribution is -2.43. The molecule has 0 atom stereocenters. The first-order valence-corrected chi connectivity index (χ1v) is 5.32. The maximum Gasteiger partial charge on any atom is 0.197 e. The summed E-state index contributed by atoms with van der Waals surface area (Å²) in [6.45, 7) is 2.82. The summed E-state index contributed by atoms with van der Waals surface area (Å²) in [6.07, 6.45) is 1.27. The van der Waals surface area contributed by atoms with E-state index in [2.05, 4.69) is 0 Å². The molecule has 0 aromatic rings. The fourth-order valence-electron chi connectivity index (χ4n) is 0.726. The first kappa shape index (κ1) is 9.91. The summed E-state index contributed by atoms with van der Waals surface area (Å²) in [4.78, 5) is 0. The van der Waals surface area contributed by atoms with E-state index in [4.69, 9.17) is 0 Å². The van der Waals surface area contributed by atoms with Crippen LogP contribution in [0.5, 0.6) is 0 Å². The molecule has 0 aromatic heterocycles. The first-order valence-electron chi connectivity index (χ1n) is 3.26. The molecular formula is C6H16NO2S+. The molecule has 0 unspecified atom stereocenters. The fraction of sp³-hybridized carbons (Fsp3) is 1.00. The number of nitrogens with zero attached hydrogens (tertiary/aromatic N) is 1. The number of sulfone groups is 1. The van der Waals surface area contributed by atoms with Gasteiger partial charge < -0.3 is 4.48 Å². The number of hydrogen-bond donors (Lipinski definition) is 0. The van der Waals surface area contributed by atoms with Crippen LogP contribution in [-0.4, -0.2) is 45.7 Å². The summed E-state index contributed by atoms with van der Waals surface area (Å²) < 4.78 is 22.1. The molecule has 0 N–H and O–H groups in total. The molecular weight excluding hydrogens is 150 g/mol. The van der Waals surface area contributed by atoms with E-state index < -0.39 is 9.84 Å². The average Bonchev–Trinajstić information content (AvgIpc) is 1.60. The van der Waals surface area contributed by atoms with Crippen molar-refractivity contribution in [3.63, 3.8) is 0 Å². The van der Waals surface area contributed by atoms with Crippen LogP contribution in [0.25, 0.3) is 0 Å². The molecule has 0 saturated carbocycles. The Balaban J connectivity index is 4.16. The van der Waals surface area contributed by atoms with E-state index in [0.29, 0.717) is 4.48 Å². The van der Waals surface area contributed by atoms with Gasteiger partial charge in [0.25, 0.3) is 0 Å². The molecule has 0 bridgehead atoms. The Labute approximate surface area is 63.2 Å². The molecule has 0 heterocycles. The highest BCUT2D eigenvalue weighted by molar-refractivity contribution is 7.90. The molecule has 0 aliphatic rings. The number of rotatable bonds is 3. The van der Waals surface area contributed by atoms with Gasteiger partial charge in [-0.3, -0.25) is 0 Å². The zero-order valence-corrected chi connectivity index (χ0v) is 7.90. The van der Waals surface area contributed by atoms with Crippen molar-refractivity contribution in [3.8, 4) is 0 Å². The highest BCUT2D eigenvalue weighted by atomic mass is 32.2. The van der Waals surface area contributed by atoms with Crippen LogP contribution in [0.15, 0.2) is 0 Å². The highest BCUT2D eigenvalue weighted by Gasteiger charge is 2.18. The smallest absolute Gasteiger partial charge is 0.197 e. The van der Waals surface area contributed by atoms with Gasteiger partial charge in [0.2, 0.25) is 0 Å². The Kier molecular flexibility index (Phi) is 2.86. The van der Waals surface area contributed by atoms with Crippen molar-refractivity contribution in [2.45, 2.75) is 6.92 Å². The molecule has 10 heavy (non-hydrogen) atoms. The summed E-state index contributed by atoms with van der Waals surface area (Å²) in [5.41, 5.74) is 0. The summed E-state index contributed by atoms with van der Waals surface area (Å²) in [6, 6.07) is 0. The lowest BCUT2D eigenvalue weighted by Gasteiger charge is -2.26. The maximum atomic E-state index is 10.8. The van der Waals surface area contributed by atoms with Gasteiger partial charge in [-0.2, -0.15) is 0 Å². The quantitative estimate of drug-likeness (QED) is 0.557. The zero-order valence-electron chi connectivity index (χ0n) is 7.09. The Morgan fingerprint density at radius 3 is 1.80 bits per heavy atom. The Morgan fingerprint density at radius 1 is 1.30 bits per heavy atom. The maximum absolute atomic E-state index is 10.8. The lowest BCUT2D eigenvalue weighted by atomic mass is 10.6. The second-order valence-corrected chi connectivity index (χ2v) is 5.42. The second kappa shape index (κ2) is 2.88. The highest BCUT2D eigenvalue weighted by Crippen LogP contribution is 1.98. The monoisotopic (exact) mass is 166 g/mol. The summed E-state index contributed by atoms with van der Waals surface area (Å²) in [5, 5.41) is 0. The van der Waals surface area contributed by atoms with Gasteiger partial charge in [0.15, 0.2) is 15.7 Å². The van der Waals surface area contributed by atoms with Crippen molar-refractivity contribution in [3.05, 3.63) is 0 Å². The average molecular weight is 166 g/mol. The predicted molar refractivity (Wildman–Crippen MR) is 42.4 cm³/mol. The molecule has 4 heteroatoms. The third kappa shape index (κ3) is 4.76. The first-order chi connectivity index (χ1) is 4.27. The fourth-order valence-corrected chi connectivity index (χ4v) is 2.18. The van der Waals surface area contributed by atoms with Gasteiger partial charge in [-0.25, -0.2) is 8.42 Å². The minimum Gasteiger partial charge on any atom is -0.316 e. The molecule has 0 aliphatic carbocycles. The molecule has 0 aromatic carbocycles. The van der Waals surface area contributed by atoms with Gasteiger partial charge in [-0.1, -0.05) is 0 Å². The Bertz CT molecular complexity index is 194. The van der Waals surface area contributed by atoms with Gasteiger partial charge in [0.05, 0.1) is 20.6 Å². The third-order valence-electron chi connectivity index (χ3n) is 1.44. The minimum absolute atomic E-state index is 0.226. The second-order valence-electron chi connectivity index (χ2n) is 3.31. The van der Waals surface area contributed by atoms with E-state index in [1.54, 1.807) is 0 Å². The Morgan fingerprint density at radius 2 is 1.70 bits per heavy atom. The van der Waals surface area contributed by atoms with E-state index in [0.717, 1.165) is 6.54 Å². The van der Waals surface area contributed by atoms with Crippen LogP contribution in [-0.2, 0) is 9.84 Å². The van der Waals surface area contributed by atoms with Crippen molar-refractivity contribution >= 4 is 9.84 Å². The molecule has 0 fully saturated rings. The van der Waals surface area contributed by atoms with Crippen LogP contribution in [0.3, 0.4) is 0 Å². The zero-order chi connectivity index (χ0) is 8.41. The van der Waals surface area contributed by atoms with E-state index in [1.165, 1.54) is 6.26 Å². The predicted octanol–water partition coefficient (Wildman–Crippen LogP) is 0.0848. The van der Waals surface area contributed by atoms with Crippen LogP contribution in [0.2, 0.25) is 0 Å². The van der Waals surface area contributed by atoms with Crippen molar-refractivity contribution in [2.75, 3.05) is 32.8 Å². The van der Waals surface area contributed by atoms with E-state index in [1.807, 2.05) is 21.0 Å². The van der Waals surface area contributed by atoms with Gasteiger partial charge in [-0.15, -0.1) is 0 Å². The van der Waals surface area contributed by atoms with Gasteiger partial charge in [0.1, 0.15) is 0 Å². The topological polar surface area (TPSA) is 34.1 Å². The largest absolute Gasteiger partial charge is 0.316 e. The van der Waals surface area contributed by atoms with Crippen LogP contribution < -0.4 is 0 Å². The minimum atomic E-state index is -2.82. The normalized spacial score (nSPS) is 13.6. The summed E-state index contributed by atoms with van der Waals surface area (Å²) in [5.74, 6) is 0.226.